The van der Waals surface area contributed by atoms with Gasteiger partial charge >= 0.3 is 0 Å². The molecule has 1 N–H and O–H groups in total. The third kappa shape index (κ3) is 3.08. The summed E-state index contributed by atoms with van der Waals surface area (Å²) in [6.45, 7) is 2.05. The summed E-state index contributed by atoms with van der Waals surface area (Å²) in [5.74, 6) is 2.97. The monoisotopic (exact) mass is 365 g/mol. The lowest BCUT2D eigenvalue weighted by Crippen LogP contribution is -2.16. The number of rotatable bonds is 4. The highest BCUT2D eigenvalue weighted by molar-refractivity contribution is 7.98. The normalized spacial score (nSPS) is 12.7. The Morgan fingerprint density at radius 1 is 1.19 bits per heavy atom. The van der Waals surface area contributed by atoms with Crippen LogP contribution in [0.4, 0.5) is 5.82 Å². The molecular weight excluding hydrogens is 346 g/mol. The van der Waals surface area contributed by atoms with E-state index in [1.165, 1.54) is 0 Å². The van der Waals surface area contributed by atoms with E-state index in [0.29, 0.717) is 11.3 Å². The van der Waals surface area contributed by atoms with E-state index < -0.39 is 0 Å². The second-order valence-electron chi connectivity index (χ2n) is 6.20. The average Bonchev–Trinajstić information content (AvgIpc) is 3.24. The molecule has 6 heteroatoms. The van der Waals surface area contributed by atoms with Crippen molar-refractivity contribution in [3.63, 3.8) is 0 Å². The highest BCUT2D eigenvalue weighted by atomic mass is 32.2. The topological polar surface area (TPSA) is 56.1 Å². The maximum atomic E-state index is 12.8. The number of nitrogens with one attached hydrogen (secondary N) is 1. The zero-order chi connectivity index (χ0) is 18.1. The smallest absolute Gasteiger partial charge is 0.256 e. The van der Waals surface area contributed by atoms with E-state index in [2.05, 4.69) is 11.4 Å². The Balaban J connectivity index is 1.72. The molecule has 0 atom stereocenters. The summed E-state index contributed by atoms with van der Waals surface area (Å²) < 4.78 is 7.06. The van der Waals surface area contributed by atoms with Crippen LogP contribution in [-0.4, -0.2) is 22.8 Å². The SMILES string of the molecule is COc1cccc(C(=O)Nc2c3c(nn2-c2cccc(C)c2)CSC3)c1. The van der Waals surface area contributed by atoms with E-state index in [4.69, 9.17) is 9.84 Å². The second kappa shape index (κ2) is 6.88. The van der Waals surface area contributed by atoms with Crippen LogP contribution in [0.5, 0.6) is 5.75 Å². The summed E-state index contributed by atoms with van der Waals surface area (Å²) in [6.07, 6.45) is 0. The number of hydrogen-bond acceptors (Lipinski definition) is 4. The fourth-order valence-corrected chi connectivity index (χ4v) is 4.07. The first-order valence-corrected chi connectivity index (χ1v) is 9.52. The van der Waals surface area contributed by atoms with Gasteiger partial charge in [0, 0.05) is 22.6 Å². The number of benzene rings is 2. The van der Waals surface area contributed by atoms with Gasteiger partial charge in [0.05, 0.1) is 18.5 Å². The predicted molar refractivity (Wildman–Crippen MR) is 104 cm³/mol. The summed E-state index contributed by atoms with van der Waals surface area (Å²) in [7, 11) is 1.59. The van der Waals surface area contributed by atoms with Gasteiger partial charge in [-0.1, -0.05) is 18.2 Å². The molecule has 0 aliphatic carbocycles. The van der Waals surface area contributed by atoms with Gasteiger partial charge in [0.15, 0.2) is 0 Å². The molecule has 0 saturated heterocycles. The number of thioether (sulfide) groups is 1. The van der Waals surface area contributed by atoms with Crippen LogP contribution in [0.3, 0.4) is 0 Å². The molecule has 132 valence electrons. The van der Waals surface area contributed by atoms with Crippen molar-refractivity contribution < 1.29 is 9.53 Å². The number of carbonyl (C=O) groups is 1. The number of fused-ring (bicyclic) bond motifs is 1. The molecule has 1 aliphatic rings. The Morgan fingerprint density at radius 2 is 2.04 bits per heavy atom. The molecule has 1 aromatic heterocycles. The Labute approximate surface area is 156 Å². The number of ether oxygens (including phenoxy) is 1. The van der Waals surface area contributed by atoms with Gasteiger partial charge in [-0.25, -0.2) is 4.68 Å². The van der Waals surface area contributed by atoms with Gasteiger partial charge < -0.3 is 10.1 Å². The molecule has 5 nitrogen and oxygen atoms in total. The molecule has 0 unspecified atom stereocenters. The van der Waals surface area contributed by atoms with Crippen LogP contribution < -0.4 is 10.1 Å². The molecule has 0 saturated carbocycles. The number of aromatic nitrogens is 2. The number of carbonyl (C=O) groups excluding carboxylic acids is 1. The maximum absolute atomic E-state index is 12.8. The standard InChI is InChI=1S/C20H19N3O2S/c1-13-5-3-7-15(9-13)23-19(17-11-26-12-18(17)22-23)21-20(24)14-6-4-8-16(10-14)25-2/h3-10H,11-12H2,1-2H3,(H,21,24). The molecule has 1 amide bonds. The van der Waals surface area contributed by atoms with Crippen molar-refractivity contribution in [3.05, 3.63) is 70.9 Å². The van der Waals surface area contributed by atoms with Gasteiger partial charge in [0.25, 0.3) is 5.91 Å². The van der Waals surface area contributed by atoms with Crippen molar-refractivity contribution in [3.8, 4) is 11.4 Å². The van der Waals surface area contributed by atoms with Gasteiger partial charge in [-0.3, -0.25) is 4.79 Å². The highest BCUT2D eigenvalue weighted by Crippen LogP contribution is 2.36. The van der Waals surface area contributed by atoms with Crippen LogP contribution in [0.25, 0.3) is 5.69 Å². The van der Waals surface area contributed by atoms with E-state index >= 15 is 0 Å². The molecular formula is C20H19N3O2S. The Morgan fingerprint density at radius 3 is 2.85 bits per heavy atom. The Hall–Kier alpha value is -2.73. The highest BCUT2D eigenvalue weighted by Gasteiger charge is 2.25. The third-order valence-electron chi connectivity index (χ3n) is 4.36. The molecule has 3 aromatic rings. The molecule has 4 rings (SSSR count). The Kier molecular flexibility index (Phi) is 4.42. The summed E-state index contributed by atoms with van der Waals surface area (Å²) in [4.78, 5) is 12.8. The summed E-state index contributed by atoms with van der Waals surface area (Å²) in [5.41, 5.74) is 4.80. The van der Waals surface area contributed by atoms with E-state index in [9.17, 15) is 4.79 Å². The predicted octanol–water partition coefficient (Wildman–Crippen LogP) is 4.19. The van der Waals surface area contributed by atoms with Gasteiger partial charge in [0.2, 0.25) is 0 Å². The quantitative estimate of drug-likeness (QED) is 0.753. The molecule has 0 fully saturated rings. The van der Waals surface area contributed by atoms with E-state index in [1.807, 2.05) is 53.7 Å². The van der Waals surface area contributed by atoms with Crippen molar-refractivity contribution in [2.75, 3.05) is 12.4 Å². The minimum absolute atomic E-state index is 0.169. The Bertz CT molecular complexity index is 981. The number of amides is 1. The number of methoxy groups -OCH3 is 1. The van der Waals surface area contributed by atoms with Crippen LogP contribution in [-0.2, 0) is 11.5 Å². The fraction of sp³-hybridized carbons (Fsp3) is 0.200. The first-order chi connectivity index (χ1) is 12.7. The lowest BCUT2D eigenvalue weighted by molar-refractivity contribution is 0.102. The molecule has 0 bridgehead atoms. The van der Waals surface area contributed by atoms with Crippen LogP contribution in [0, 0.1) is 6.92 Å². The van der Waals surface area contributed by atoms with Crippen molar-refractivity contribution in [1.29, 1.82) is 0 Å². The lowest BCUT2D eigenvalue weighted by atomic mass is 10.2. The van der Waals surface area contributed by atoms with Crippen LogP contribution in [0.15, 0.2) is 48.5 Å². The largest absolute Gasteiger partial charge is 0.497 e. The molecule has 0 radical (unpaired) electrons. The zero-order valence-corrected chi connectivity index (χ0v) is 15.5. The molecule has 2 aromatic carbocycles. The summed E-state index contributed by atoms with van der Waals surface area (Å²) in [5, 5.41) is 7.81. The van der Waals surface area contributed by atoms with E-state index in [-0.39, 0.29) is 5.91 Å². The third-order valence-corrected chi connectivity index (χ3v) is 5.33. The van der Waals surface area contributed by atoms with Crippen molar-refractivity contribution >= 4 is 23.5 Å². The second-order valence-corrected chi connectivity index (χ2v) is 7.19. The van der Waals surface area contributed by atoms with E-state index in [0.717, 1.165) is 39.8 Å². The van der Waals surface area contributed by atoms with E-state index in [1.54, 1.807) is 19.2 Å². The number of nitrogens with zero attached hydrogens (tertiary/aromatic N) is 2. The van der Waals surface area contributed by atoms with Gasteiger partial charge in [0.1, 0.15) is 11.6 Å². The zero-order valence-electron chi connectivity index (χ0n) is 14.7. The fourth-order valence-electron chi connectivity index (χ4n) is 3.03. The van der Waals surface area contributed by atoms with Crippen molar-refractivity contribution in [2.45, 2.75) is 18.4 Å². The maximum Gasteiger partial charge on any atom is 0.256 e. The van der Waals surface area contributed by atoms with Crippen molar-refractivity contribution in [2.24, 2.45) is 0 Å². The number of hydrogen-bond donors (Lipinski definition) is 1. The van der Waals surface area contributed by atoms with Crippen LogP contribution in [0.1, 0.15) is 27.2 Å². The van der Waals surface area contributed by atoms with Crippen LogP contribution >= 0.6 is 11.8 Å². The summed E-state index contributed by atoms with van der Waals surface area (Å²) in [6, 6.07) is 15.3. The lowest BCUT2D eigenvalue weighted by Gasteiger charge is -2.12. The number of aryl methyl sites for hydroxylation is 1. The van der Waals surface area contributed by atoms with Gasteiger partial charge in [-0.15, -0.1) is 0 Å². The average molecular weight is 365 g/mol. The molecule has 2 heterocycles. The van der Waals surface area contributed by atoms with Gasteiger partial charge in [-0.05, 0) is 42.8 Å². The first-order valence-electron chi connectivity index (χ1n) is 8.36. The summed E-state index contributed by atoms with van der Waals surface area (Å²) >= 11 is 1.81. The first kappa shape index (κ1) is 16.7. The minimum Gasteiger partial charge on any atom is -0.497 e. The number of anilines is 1. The molecule has 1 aliphatic heterocycles. The van der Waals surface area contributed by atoms with Gasteiger partial charge in [-0.2, -0.15) is 16.9 Å². The van der Waals surface area contributed by atoms with Crippen LogP contribution in [0.2, 0.25) is 0 Å². The minimum atomic E-state index is -0.169. The molecule has 26 heavy (non-hydrogen) atoms. The van der Waals surface area contributed by atoms with Crippen molar-refractivity contribution in [1.82, 2.24) is 9.78 Å². The molecule has 0 spiro atoms.